The number of anilines is 1. The Kier molecular flexibility index (Phi) is 8.42. The largest absolute Gasteiger partial charge is 0.342 e. The maximum Gasteiger partial charge on any atom is 0.251 e. The first-order valence-corrected chi connectivity index (χ1v) is 11.8. The van der Waals surface area contributed by atoms with Gasteiger partial charge in [-0.15, -0.1) is 10.2 Å². The van der Waals surface area contributed by atoms with E-state index in [9.17, 15) is 9.59 Å². The number of halogens is 3. The molecule has 1 heterocycles. The zero-order valence-corrected chi connectivity index (χ0v) is 20.3. The van der Waals surface area contributed by atoms with Gasteiger partial charge in [-0.05, 0) is 56.3 Å². The molecule has 0 saturated heterocycles. The van der Waals surface area contributed by atoms with Crippen LogP contribution in [0, 0.1) is 0 Å². The lowest BCUT2D eigenvalue weighted by Crippen LogP contribution is -2.28. The lowest BCUT2D eigenvalue weighted by atomic mass is 10.2. The summed E-state index contributed by atoms with van der Waals surface area (Å²) in [6.45, 7) is 4.34. The fraction of sp³-hybridized carbons (Fsp3) is 0.238. The lowest BCUT2D eigenvalue weighted by molar-refractivity contribution is -0.113. The average Bonchev–Trinajstić information content (AvgIpc) is 3.19. The number of rotatable bonds is 8. The maximum atomic E-state index is 12.6. The van der Waals surface area contributed by atoms with E-state index in [2.05, 4.69) is 20.8 Å². The van der Waals surface area contributed by atoms with E-state index in [-0.39, 0.29) is 17.6 Å². The predicted octanol–water partition coefficient (Wildman–Crippen LogP) is 5.48. The minimum Gasteiger partial charge on any atom is -0.342 e. The third kappa shape index (κ3) is 6.16. The molecule has 0 spiro atoms. The monoisotopic (exact) mass is 511 g/mol. The third-order valence-electron chi connectivity index (χ3n) is 4.44. The summed E-state index contributed by atoms with van der Waals surface area (Å²) < 4.78 is 1.86. The summed E-state index contributed by atoms with van der Waals surface area (Å²) in [5, 5.41) is 16.0. The summed E-state index contributed by atoms with van der Waals surface area (Å²) in [6.07, 6.45) is 0. The number of hydrogen-bond donors (Lipinski definition) is 2. The molecule has 11 heteroatoms. The first kappa shape index (κ1) is 24.4. The number of benzene rings is 2. The fourth-order valence-electron chi connectivity index (χ4n) is 2.87. The molecule has 2 N–H and O–H groups in total. The number of carbonyl (C=O) groups is 2. The molecule has 1 aromatic heterocycles. The number of carbonyl (C=O) groups excluding carboxylic acids is 2. The van der Waals surface area contributed by atoms with E-state index in [4.69, 9.17) is 34.8 Å². The molecule has 3 aromatic rings. The van der Waals surface area contributed by atoms with Crippen molar-refractivity contribution >= 4 is 64.1 Å². The van der Waals surface area contributed by atoms with Crippen LogP contribution in [0.25, 0.3) is 0 Å². The quantitative estimate of drug-likeness (QED) is 0.390. The highest BCUT2D eigenvalue weighted by atomic mass is 35.5. The van der Waals surface area contributed by atoms with Gasteiger partial charge in [-0.1, -0.05) is 46.6 Å². The molecule has 168 valence electrons. The smallest absolute Gasteiger partial charge is 0.251 e. The van der Waals surface area contributed by atoms with Crippen molar-refractivity contribution in [1.29, 1.82) is 0 Å². The van der Waals surface area contributed by atoms with Crippen LogP contribution < -0.4 is 10.6 Å². The molecule has 0 unspecified atom stereocenters. The summed E-state index contributed by atoms with van der Waals surface area (Å²) in [7, 11) is 0. The normalized spacial score (nSPS) is 11.8. The zero-order chi connectivity index (χ0) is 23.3. The van der Waals surface area contributed by atoms with Crippen molar-refractivity contribution in [3.63, 3.8) is 0 Å². The SMILES string of the molecule is CCn1c(SCC(=O)Nc2ccc(Cl)cc2)nnc1[C@H](C)NC(=O)c1ccc(Cl)c(Cl)c1. The van der Waals surface area contributed by atoms with Crippen molar-refractivity contribution in [2.45, 2.75) is 31.6 Å². The second kappa shape index (κ2) is 11.0. The molecular formula is C21H20Cl3N5O2S. The number of amides is 2. The molecule has 0 saturated carbocycles. The second-order valence-corrected chi connectivity index (χ2v) is 8.95. The van der Waals surface area contributed by atoms with Gasteiger partial charge in [0.05, 0.1) is 21.8 Å². The molecule has 0 aliphatic rings. The van der Waals surface area contributed by atoms with Crippen LogP contribution in [-0.4, -0.2) is 32.3 Å². The Morgan fingerprint density at radius 1 is 1.06 bits per heavy atom. The van der Waals surface area contributed by atoms with Gasteiger partial charge in [-0.3, -0.25) is 9.59 Å². The van der Waals surface area contributed by atoms with Crippen LogP contribution in [0.3, 0.4) is 0 Å². The van der Waals surface area contributed by atoms with Crippen molar-refractivity contribution in [2.24, 2.45) is 0 Å². The number of nitrogens with zero attached hydrogens (tertiary/aromatic N) is 3. The standard InChI is InChI=1S/C21H20Cl3N5O2S/c1-3-29-19(12(2)25-20(31)13-4-9-16(23)17(24)10-13)27-28-21(29)32-11-18(30)26-15-7-5-14(22)6-8-15/h4-10,12H,3,11H2,1-2H3,(H,25,31)(H,26,30)/t12-/m0/s1. The van der Waals surface area contributed by atoms with E-state index in [1.54, 1.807) is 36.4 Å². The number of thioether (sulfide) groups is 1. The van der Waals surface area contributed by atoms with Crippen LogP contribution in [0.2, 0.25) is 15.1 Å². The van der Waals surface area contributed by atoms with Crippen LogP contribution in [0.15, 0.2) is 47.6 Å². The van der Waals surface area contributed by atoms with Crippen LogP contribution in [-0.2, 0) is 11.3 Å². The third-order valence-corrected chi connectivity index (χ3v) is 6.40. The highest BCUT2D eigenvalue weighted by molar-refractivity contribution is 7.99. The van der Waals surface area contributed by atoms with E-state index in [1.807, 2.05) is 18.4 Å². The molecule has 0 aliphatic heterocycles. The van der Waals surface area contributed by atoms with Gasteiger partial charge < -0.3 is 15.2 Å². The van der Waals surface area contributed by atoms with E-state index in [0.717, 1.165) is 0 Å². The molecule has 32 heavy (non-hydrogen) atoms. The zero-order valence-electron chi connectivity index (χ0n) is 17.2. The molecule has 2 aromatic carbocycles. The molecule has 0 bridgehead atoms. The maximum absolute atomic E-state index is 12.6. The van der Waals surface area contributed by atoms with Crippen LogP contribution in [0.4, 0.5) is 5.69 Å². The van der Waals surface area contributed by atoms with E-state index >= 15 is 0 Å². The van der Waals surface area contributed by atoms with Crippen LogP contribution in [0.5, 0.6) is 0 Å². The van der Waals surface area contributed by atoms with Gasteiger partial charge in [0.1, 0.15) is 0 Å². The van der Waals surface area contributed by atoms with Crippen molar-refractivity contribution in [2.75, 3.05) is 11.1 Å². The number of nitrogens with one attached hydrogen (secondary N) is 2. The molecule has 1 atom stereocenters. The topological polar surface area (TPSA) is 88.9 Å². The fourth-order valence-corrected chi connectivity index (χ4v) is 4.10. The number of hydrogen-bond acceptors (Lipinski definition) is 5. The Morgan fingerprint density at radius 3 is 2.44 bits per heavy atom. The molecule has 7 nitrogen and oxygen atoms in total. The first-order chi connectivity index (χ1) is 15.3. The van der Waals surface area contributed by atoms with Gasteiger partial charge in [0.2, 0.25) is 5.91 Å². The Balaban J connectivity index is 1.62. The minimum absolute atomic E-state index is 0.158. The van der Waals surface area contributed by atoms with Crippen LogP contribution >= 0.6 is 46.6 Å². The van der Waals surface area contributed by atoms with Gasteiger partial charge in [0.15, 0.2) is 11.0 Å². The summed E-state index contributed by atoms with van der Waals surface area (Å²) in [6, 6.07) is 11.1. The summed E-state index contributed by atoms with van der Waals surface area (Å²) in [5.74, 6) is 0.260. The van der Waals surface area contributed by atoms with Gasteiger partial charge in [-0.25, -0.2) is 0 Å². The van der Waals surface area contributed by atoms with E-state index in [1.165, 1.54) is 17.8 Å². The minimum atomic E-state index is -0.415. The van der Waals surface area contributed by atoms with Crippen molar-refractivity contribution in [3.05, 3.63) is 68.9 Å². The van der Waals surface area contributed by atoms with Gasteiger partial charge >= 0.3 is 0 Å². The Hall–Kier alpha value is -2.26. The average molecular weight is 513 g/mol. The van der Waals surface area contributed by atoms with Crippen molar-refractivity contribution in [3.8, 4) is 0 Å². The summed E-state index contributed by atoms with van der Waals surface area (Å²) in [5.41, 5.74) is 1.05. The van der Waals surface area contributed by atoms with Gasteiger partial charge in [0.25, 0.3) is 5.91 Å². The molecule has 2 amide bonds. The molecule has 0 radical (unpaired) electrons. The van der Waals surface area contributed by atoms with E-state index in [0.29, 0.717) is 43.8 Å². The molecule has 0 aliphatic carbocycles. The van der Waals surface area contributed by atoms with Crippen LogP contribution in [0.1, 0.15) is 36.1 Å². The van der Waals surface area contributed by atoms with Gasteiger partial charge in [-0.2, -0.15) is 0 Å². The highest BCUT2D eigenvalue weighted by Gasteiger charge is 2.20. The Bertz CT molecular complexity index is 1120. The predicted molar refractivity (Wildman–Crippen MR) is 129 cm³/mol. The lowest BCUT2D eigenvalue weighted by Gasteiger charge is -2.15. The Morgan fingerprint density at radius 2 is 1.78 bits per heavy atom. The first-order valence-electron chi connectivity index (χ1n) is 9.65. The number of aromatic nitrogens is 3. The molecule has 0 fully saturated rings. The summed E-state index contributed by atoms with van der Waals surface area (Å²) in [4.78, 5) is 24.8. The second-order valence-electron chi connectivity index (χ2n) is 6.75. The Labute approximate surface area is 204 Å². The van der Waals surface area contributed by atoms with Gasteiger partial charge in [0, 0.05) is 22.8 Å². The summed E-state index contributed by atoms with van der Waals surface area (Å²) >= 11 is 19.0. The van der Waals surface area contributed by atoms with Crippen molar-refractivity contribution < 1.29 is 9.59 Å². The molecular weight excluding hydrogens is 493 g/mol. The van der Waals surface area contributed by atoms with Crippen molar-refractivity contribution in [1.82, 2.24) is 20.1 Å². The van der Waals surface area contributed by atoms with E-state index < -0.39 is 6.04 Å². The highest BCUT2D eigenvalue weighted by Crippen LogP contribution is 2.24. The molecule has 3 rings (SSSR count).